The molecule has 1 aliphatic heterocycles. The van der Waals surface area contributed by atoms with Crippen molar-refractivity contribution in [3.8, 4) is 0 Å². The van der Waals surface area contributed by atoms with Crippen molar-refractivity contribution in [3.63, 3.8) is 0 Å². The molecular formula is C12H17Cl2N5O. The average Bonchev–Trinajstić information content (AvgIpc) is 2.42. The molecule has 0 aliphatic carbocycles. The van der Waals surface area contributed by atoms with Crippen molar-refractivity contribution in [1.82, 2.24) is 4.90 Å². The maximum absolute atomic E-state index is 5.87. The van der Waals surface area contributed by atoms with Gasteiger partial charge in [-0.25, -0.2) is 4.99 Å². The average molecular weight is 318 g/mol. The van der Waals surface area contributed by atoms with E-state index >= 15 is 0 Å². The Hall–Kier alpha value is -1.50. The molecule has 6 nitrogen and oxygen atoms in total. The summed E-state index contributed by atoms with van der Waals surface area (Å²) in [6.45, 7) is 2.71. The van der Waals surface area contributed by atoms with Crippen molar-refractivity contribution in [3.05, 3.63) is 29.3 Å². The standard InChI is InChI=1S/C12H16ClN5O.ClH/c13-9-1-3-10(4-2-9)16-11(14)17-12(15)18-5-7-19-8-6-18;/h1-4H,5-8H2,(H4,14,15,16,17);1H. The lowest BCUT2D eigenvalue weighted by atomic mass is 10.3. The van der Waals surface area contributed by atoms with E-state index in [0.717, 1.165) is 0 Å². The van der Waals surface area contributed by atoms with Crippen LogP contribution < -0.4 is 11.5 Å². The number of guanidine groups is 2. The summed E-state index contributed by atoms with van der Waals surface area (Å²) in [6.07, 6.45) is 0. The Morgan fingerprint density at radius 3 is 2.35 bits per heavy atom. The molecular weight excluding hydrogens is 301 g/mol. The Labute approximate surface area is 128 Å². The monoisotopic (exact) mass is 317 g/mol. The summed E-state index contributed by atoms with van der Waals surface area (Å²) in [4.78, 5) is 10.1. The number of hydrogen-bond donors (Lipinski definition) is 2. The topological polar surface area (TPSA) is 89.2 Å². The minimum atomic E-state index is 0. The fourth-order valence-electron chi connectivity index (χ4n) is 1.65. The SMILES string of the molecule is Cl.NC(=Nc1ccc(Cl)cc1)/N=C(\N)N1CCOCC1. The second kappa shape index (κ2) is 7.94. The molecule has 1 saturated heterocycles. The van der Waals surface area contributed by atoms with Crippen LogP contribution in [0.25, 0.3) is 0 Å². The van der Waals surface area contributed by atoms with Gasteiger partial charge in [0, 0.05) is 18.1 Å². The molecule has 0 atom stereocenters. The second-order valence-corrected chi connectivity index (χ2v) is 4.45. The lowest BCUT2D eigenvalue weighted by Crippen LogP contribution is -2.45. The molecule has 0 bridgehead atoms. The third-order valence-corrected chi connectivity index (χ3v) is 2.89. The smallest absolute Gasteiger partial charge is 0.223 e. The highest BCUT2D eigenvalue weighted by Crippen LogP contribution is 2.16. The highest BCUT2D eigenvalue weighted by atomic mass is 35.5. The van der Waals surface area contributed by atoms with Gasteiger partial charge in [0.2, 0.25) is 5.96 Å². The maximum Gasteiger partial charge on any atom is 0.223 e. The van der Waals surface area contributed by atoms with Gasteiger partial charge in [0.15, 0.2) is 5.96 Å². The molecule has 0 amide bonds. The van der Waals surface area contributed by atoms with Crippen molar-refractivity contribution >= 4 is 41.6 Å². The second-order valence-electron chi connectivity index (χ2n) is 4.02. The molecule has 110 valence electrons. The first-order valence-corrected chi connectivity index (χ1v) is 6.29. The van der Waals surface area contributed by atoms with Crippen molar-refractivity contribution in [2.24, 2.45) is 21.5 Å². The fraction of sp³-hybridized carbons (Fsp3) is 0.333. The van der Waals surface area contributed by atoms with Crippen LogP contribution >= 0.6 is 24.0 Å². The third-order valence-electron chi connectivity index (χ3n) is 2.63. The highest BCUT2D eigenvalue weighted by Gasteiger charge is 2.12. The molecule has 8 heteroatoms. The van der Waals surface area contributed by atoms with E-state index in [9.17, 15) is 0 Å². The van der Waals surface area contributed by atoms with Gasteiger partial charge in [-0.2, -0.15) is 4.99 Å². The lowest BCUT2D eigenvalue weighted by molar-refractivity contribution is 0.0676. The molecule has 1 aromatic rings. The zero-order valence-corrected chi connectivity index (χ0v) is 12.4. The van der Waals surface area contributed by atoms with Crippen LogP contribution in [-0.2, 0) is 4.74 Å². The molecule has 1 heterocycles. The summed E-state index contributed by atoms with van der Waals surface area (Å²) < 4.78 is 5.24. The Bertz CT molecular complexity index is 483. The van der Waals surface area contributed by atoms with Crippen molar-refractivity contribution in [2.75, 3.05) is 26.3 Å². The summed E-state index contributed by atoms with van der Waals surface area (Å²) in [7, 11) is 0. The third kappa shape index (κ3) is 4.88. The van der Waals surface area contributed by atoms with Crippen LogP contribution in [0, 0.1) is 0 Å². The Balaban J connectivity index is 0.00000200. The van der Waals surface area contributed by atoms with Crippen LogP contribution in [0.4, 0.5) is 5.69 Å². The minimum Gasteiger partial charge on any atom is -0.378 e. The van der Waals surface area contributed by atoms with E-state index in [2.05, 4.69) is 9.98 Å². The molecule has 1 aliphatic rings. The number of ether oxygens (including phenoxy) is 1. The van der Waals surface area contributed by atoms with Crippen molar-refractivity contribution < 1.29 is 4.74 Å². The number of rotatable bonds is 1. The summed E-state index contributed by atoms with van der Waals surface area (Å²) in [5.74, 6) is 0.477. The largest absolute Gasteiger partial charge is 0.378 e. The van der Waals surface area contributed by atoms with E-state index in [0.29, 0.717) is 43.0 Å². The van der Waals surface area contributed by atoms with Gasteiger partial charge in [0.05, 0.1) is 18.9 Å². The molecule has 0 unspecified atom stereocenters. The van der Waals surface area contributed by atoms with Crippen LogP contribution in [-0.4, -0.2) is 43.1 Å². The van der Waals surface area contributed by atoms with E-state index in [1.165, 1.54) is 0 Å². The summed E-state index contributed by atoms with van der Waals surface area (Å²) in [6, 6.07) is 7.00. The summed E-state index contributed by atoms with van der Waals surface area (Å²) in [5.41, 5.74) is 12.3. The van der Waals surface area contributed by atoms with Crippen molar-refractivity contribution in [2.45, 2.75) is 0 Å². The predicted molar refractivity (Wildman–Crippen MR) is 84.0 cm³/mol. The van der Waals surface area contributed by atoms with E-state index in [1.54, 1.807) is 24.3 Å². The predicted octanol–water partition coefficient (Wildman–Crippen LogP) is 1.35. The molecule has 0 radical (unpaired) electrons. The van der Waals surface area contributed by atoms with Crippen LogP contribution in [0.5, 0.6) is 0 Å². The van der Waals surface area contributed by atoms with E-state index < -0.39 is 0 Å². The first kappa shape index (κ1) is 16.6. The Morgan fingerprint density at radius 1 is 1.15 bits per heavy atom. The fourth-order valence-corrected chi connectivity index (χ4v) is 1.78. The molecule has 1 aromatic carbocycles. The van der Waals surface area contributed by atoms with Gasteiger partial charge in [-0.05, 0) is 24.3 Å². The van der Waals surface area contributed by atoms with Gasteiger partial charge in [0.25, 0.3) is 0 Å². The first-order chi connectivity index (χ1) is 9.15. The van der Waals surface area contributed by atoms with Gasteiger partial charge >= 0.3 is 0 Å². The lowest BCUT2D eigenvalue weighted by Gasteiger charge is -2.27. The van der Waals surface area contributed by atoms with Gasteiger partial charge in [-0.15, -0.1) is 12.4 Å². The van der Waals surface area contributed by atoms with Gasteiger partial charge < -0.3 is 21.1 Å². The molecule has 4 N–H and O–H groups in total. The molecule has 1 fully saturated rings. The van der Waals surface area contributed by atoms with Crippen LogP contribution in [0.1, 0.15) is 0 Å². The van der Waals surface area contributed by atoms with E-state index in [-0.39, 0.29) is 18.4 Å². The number of morpholine rings is 1. The molecule has 0 saturated carbocycles. The summed E-state index contributed by atoms with van der Waals surface area (Å²) >= 11 is 5.79. The zero-order valence-electron chi connectivity index (χ0n) is 10.8. The van der Waals surface area contributed by atoms with Crippen LogP contribution in [0.3, 0.4) is 0 Å². The number of aliphatic imine (C=N–C) groups is 2. The van der Waals surface area contributed by atoms with Gasteiger partial charge in [0.1, 0.15) is 0 Å². The molecule has 2 rings (SSSR count). The number of benzene rings is 1. The Morgan fingerprint density at radius 2 is 1.75 bits per heavy atom. The van der Waals surface area contributed by atoms with Gasteiger partial charge in [-0.3, -0.25) is 0 Å². The molecule has 0 aromatic heterocycles. The Kier molecular flexibility index (Phi) is 6.57. The number of nitrogens with two attached hydrogens (primary N) is 2. The van der Waals surface area contributed by atoms with Crippen LogP contribution in [0.2, 0.25) is 5.02 Å². The number of nitrogens with zero attached hydrogens (tertiary/aromatic N) is 3. The number of halogens is 2. The highest BCUT2D eigenvalue weighted by molar-refractivity contribution is 6.30. The molecule has 20 heavy (non-hydrogen) atoms. The molecule has 0 spiro atoms. The summed E-state index contributed by atoms with van der Waals surface area (Å²) in [5, 5.41) is 0.647. The zero-order chi connectivity index (χ0) is 13.7. The van der Waals surface area contributed by atoms with Gasteiger partial charge in [-0.1, -0.05) is 11.6 Å². The van der Waals surface area contributed by atoms with E-state index in [1.807, 2.05) is 4.90 Å². The van der Waals surface area contributed by atoms with E-state index in [4.69, 9.17) is 27.8 Å². The minimum absolute atomic E-state index is 0. The number of hydrogen-bond acceptors (Lipinski definition) is 2. The first-order valence-electron chi connectivity index (χ1n) is 5.92. The normalized spacial score (nSPS) is 16.8. The maximum atomic E-state index is 5.87. The van der Waals surface area contributed by atoms with Crippen LogP contribution in [0.15, 0.2) is 34.3 Å². The quantitative estimate of drug-likeness (QED) is 0.604. The van der Waals surface area contributed by atoms with Crippen molar-refractivity contribution in [1.29, 1.82) is 0 Å².